The summed E-state index contributed by atoms with van der Waals surface area (Å²) in [5.41, 5.74) is 11.5. The van der Waals surface area contributed by atoms with Crippen molar-refractivity contribution in [2.75, 3.05) is 33.0 Å². The molecule has 2 aromatic heterocycles. The third-order valence-corrected chi connectivity index (χ3v) is 5.94. The molecule has 1 unspecified atom stereocenters. The van der Waals surface area contributed by atoms with E-state index in [-0.39, 0.29) is 11.9 Å². The number of rotatable bonds is 3. The lowest BCUT2D eigenvalue weighted by molar-refractivity contribution is -0.193. The second kappa shape index (κ2) is 14.6. The molecule has 5 rings (SSSR count). The van der Waals surface area contributed by atoms with Crippen LogP contribution in [0.5, 0.6) is 5.75 Å². The number of ether oxygens (including phenoxy) is 1. The Morgan fingerprint density at radius 2 is 1.67 bits per heavy atom. The van der Waals surface area contributed by atoms with Crippen molar-refractivity contribution in [3.8, 4) is 28.8 Å². The number of hydrogen-bond donors (Lipinski definition) is 4. The first-order valence-corrected chi connectivity index (χ1v) is 13.0. The molecule has 0 spiro atoms. The summed E-state index contributed by atoms with van der Waals surface area (Å²) in [6, 6.07) is 14.1. The number of carboxylic acids is 2. The Labute approximate surface area is 257 Å². The molecule has 0 fully saturated rings. The van der Waals surface area contributed by atoms with Crippen molar-refractivity contribution in [1.29, 1.82) is 0 Å². The molecule has 1 aliphatic heterocycles. The van der Waals surface area contributed by atoms with Crippen molar-refractivity contribution in [3.63, 3.8) is 0 Å². The van der Waals surface area contributed by atoms with Crippen LogP contribution in [0.4, 0.5) is 32.3 Å². The number of anilines is 1. The lowest BCUT2D eigenvalue weighted by Gasteiger charge is -2.24. The van der Waals surface area contributed by atoms with Crippen LogP contribution in [-0.2, 0) is 16.0 Å². The highest BCUT2D eigenvalue weighted by molar-refractivity contribution is 5.81. The molecule has 1 atom stereocenters. The van der Waals surface area contributed by atoms with Crippen molar-refractivity contribution < 1.29 is 50.9 Å². The number of nitrogens with two attached hydrogens (primary N) is 1. The lowest BCUT2D eigenvalue weighted by atomic mass is 9.95. The number of nitrogens with one attached hydrogen (secondary N) is 1. The number of nitrogen functional groups attached to an aromatic ring is 1. The van der Waals surface area contributed by atoms with Gasteiger partial charge in [-0.1, -0.05) is 17.9 Å². The Morgan fingerprint density at radius 3 is 2.26 bits per heavy atom. The zero-order valence-electron chi connectivity index (χ0n) is 24.1. The number of aliphatic carboxylic acids is 2. The van der Waals surface area contributed by atoms with Crippen LogP contribution in [-0.4, -0.2) is 86.6 Å². The zero-order valence-corrected chi connectivity index (χ0v) is 24.1. The van der Waals surface area contributed by atoms with E-state index in [9.17, 15) is 26.3 Å². The SMILES string of the molecule is CN(C)CC#Cc1ccc2c(c1)CC(c1nc3ccc(-c4ccnc(N)n4)cc3[nH]1)CO2.O=C(O)C(F)(F)F.O=C(O)C(F)(F)F. The standard InChI is InChI=1S/C25H24N6O.2C2HF3O2/c1-31(2)11-3-4-16-5-8-23-18(12-16)13-19(15-32-23)24-28-21-7-6-17(14-22(21)29-24)20-9-10-27-25(26)30-20;2*3-2(4,5)1(6)7/h5-10,12,14,19H,11,13,15H2,1-2H3,(H,28,29)(H2,26,27,30);2*(H,6,7). The number of carbonyl (C=O) groups is 2. The number of alkyl halides is 6. The fourth-order valence-electron chi connectivity index (χ4n) is 3.86. The number of fused-ring (bicyclic) bond motifs is 2. The smallest absolute Gasteiger partial charge is 0.490 e. The first-order valence-electron chi connectivity index (χ1n) is 13.0. The topological polar surface area (TPSA) is 168 Å². The van der Waals surface area contributed by atoms with E-state index < -0.39 is 24.3 Å². The van der Waals surface area contributed by atoms with Crippen LogP contribution in [0.2, 0.25) is 0 Å². The normalized spacial score (nSPS) is 14.0. The van der Waals surface area contributed by atoms with Gasteiger partial charge in [0, 0.05) is 17.3 Å². The van der Waals surface area contributed by atoms with Crippen LogP contribution < -0.4 is 10.5 Å². The summed E-state index contributed by atoms with van der Waals surface area (Å²) in [5, 5.41) is 14.2. The molecule has 0 amide bonds. The molecule has 46 heavy (non-hydrogen) atoms. The number of H-pyrrole nitrogens is 1. The van der Waals surface area contributed by atoms with Crippen LogP contribution in [0.15, 0.2) is 48.7 Å². The van der Waals surface area contributed by atoms with Gasteiger partial charge in [0.25, 0.3) is 0 Å². The molecule has 244 valence electrons. The molecule has 1 aliphatic rings. The summed E-state index contributed by atoms with van der Waals surface area (Å²) in [5.74, 6) is 3.18. The van der Waals surface area contributed by atoms with E-state index in [4.69, 9.17) is 35.3 Å². The van der Waals surface area contributed by atoms with Crippen LogP contribution in [0.3, 0.4) is 0 Å². The highest BCUT2D eigenvalue weighted by Crippen LogP contribution is 2.33. The Balaban J connectivity index is 0.000000345. The summed E-state index contributed by atoms with van der Waals surface area (Å²) >= 11 is 0. The lowest BCUT2D eigenvalue weighted by Crippen LogP contribution is -2.21. The third kappa shape index (κ3) is 10.1. The van der Waals surface area contributed by atoms with E-state index in [0.717, 1.165) is 58.0 Å². The summed E-state index contributed by atoms with van der Waals surface area (Å²) < 4.78 is 69.5. The summed E-state index contributed by atoms with van der Waals surface area (Å²) in [6.07, 6.45) is -7.65. The number of hydrogen-bond acceptors (Lipinski definition) is 8. The molecule has 0 radical (unpaired) electrons. The van der Waals surface area contributed by atoms with Crippen molar-refractivity contribution >= 4 is 28.9 Å². The number of aromatic amines is 1. The molecular formula is C29H26F6N6O5. The predicted octanol–water partition coefficient (Wildman–Crippen LogP) is 4.50. The summed E-state index contributed by atoms with van der Waals surface area (Å²) in [7, 11) is 4.03. The fraction of sp³-hybridized carbons (Fsp3) is 0.276. The first kappa shape index (κ1) is 35.1. The van der Waals surface area contributed by atoms with E-state index in [0.29, 0.717) is 6.61 Å². The number of nitrogens with zero attached hydrogens (tertiary/aromatic N) is 4. The molecule has 11 nitrogen and oxygen atoms in total. The van der Waals surface area contributed by atoms with Crippen molar-refractivity contribution in [2.45, 2.75) is 24.7 Å². The van der Waals surface area contributed by atoms with Gasteiger partial charge in [0.2, 0.25) is 5.95 Å². The number of halogens is 6. The highest BCUT2D eigenvalue weighted by atomic mass is 19.4. The van der Waals surface area contributed by atoms with E-state index >= 15 is 0 Å². The second-order valence-electron chi connectivity index (χ2n) is 9.83. The Bertz CT molecular complexity index is 1740. The minimum absolute atomic E-state index is 0.151. The van der Waals surface area contributed by atoms with E-state index in [2.05, 4.69) is 37.8 Å². The molecule has 17 heteroatoms. The second-order valence-corrected chi connectivity index (χ2v) is 9.83. The Kier molecular flexibility index (Phi) is 11.1. The van der Waals surface area contributed by atoms with Gasteiger partial charge < -0.3 is 25.7 Å². The van der Waals surface area contributed by atoms with Gasteiger partial charge in [-0.2, -0.15) is 26.3 Å². The molecule has 4 aromatic rings. The molecule has 3 heterocycles. The van der Waals surface area contributed by atoms with Gasteiger partial charge in [0.15, 0.2) is 0 Å². The van der Waals surface area contributed by atoms with Gasteiger partial charge in [-0.25, -0.2) is 24.5 Å². The maximum atomic E-state index is 10.6. The predicted molar refractivity (Wildman–Crippen MR) is 153 cm³/mol. The Morgan fingerprint density at radius 1 is 1.02 bits per heavy atom. The van der Waals surface area contributed by atoms with Gasteiger partial charge in [-0.15, -0.1) is 0 Å². The van der Waals surface area contributed by atoms with Crippen molar-refractivity contribution in [3.05, 3.63) is 65.6 Å². The first-order chi connectivity index (χ1) is 21.4. The monoisotopic (exact) mass is 652 g/mol. The molecule has 0 saturated carbocycles. The molecule has 0 saturated heterocycles. The maximum Gasteiger partial charge on any atom is 0.490 e. The van der Waals surface area contributed by atoms with E-state index in [1.165, 1.54) is 0 Å². The molecular weight excluding hydrogens is 626 g/mol. The van der Waals surface area contributed by atoms with E-state index in [1.807, 2.05) is 50.5 Å². The molecule has 0 bridgehead atoms. The van der Waals surface area contributed by atoms with Crippen LogP contribution in [0.25, 0.3) is 22.3 Å². The summed E-state index contributed by atoms with van der Waals surface area (Å²) in [4.78, 5) is 36.4. The molecule has 0 aliphatic carbocycles. The Hall–Kier alpha value is -5.37. The van der Waals surface area contributed by atoms with Crippen molar-refractivity contribution in [2.24, 2.45) is 0 Å². The third-order valence-electron chi connectivity index (χ3n) is 5.94. The average Bonchev–Trinajstić information content (AvgIpc) is 3.40. The number of benzene rings is 2. The van der Waals surface area contributed by atoms with Crippen molar-refractivity contribution in [1.82, 2.24) is 24.8 Å². The van der Waals surface area contributed by atoms with Crippen LogP contribution >= 0.6 is 0 Å². The average molecular weight is 653 g/mol. The number of imidazole rings is 1. The fourth-order valence-corrected chi connectivity index (χ4v) is 3.86. The van der Waals surface area contributed by atoms with Gasteiger partial charge in [-0.05, 0) is 62.5 Å². The minimum atomic E-state index is -5.08. The van der Waals surface area contributed by atoms with Crippen LogP contribution in [0.1, 0.15) is 22.9 Å². The minimum Gasteiger partial charge on any atom is -0.493 e. The van der Waals surface area contributed by atoms with Gasteiger partial charge >= 0.3 is 24.3 Å². The quantitative estimate of drug-likeness (QED) is 0.183. The van der Waals surface area contributed by atoms with Crippen LogP contribution in [0, 0.1) is 11.8 Å². The molecule has 5 N–H and O–H groups in total. The zero-order chi connectivity index (χ0) is 34.2. The maximum absolute atomic E-state index is 10.6. The van der Waals surface area contributed by atoms with Gasteiger partial charge in [-0.3, -0.25) is 4.90 Å². The number of aromatic nitrogens is 4. The largest absolute Gasteiger partial charge is 0.493 e. The molecule has 2 aromatic carbocycles. The number of carboxylic acid groups (broad SMARTS) is 2. The van der Waals surface area contributed by atoms with E-state index in [1.54, 1.807) is 6.20 Å². The summed E-state index contributed by atoms with van der Waals surface area (Å²) in [6.45, 7) is 1.33. The van der Waals surface area contributed by atoms with Gasteiger partial charge in [0.05, 0.1) is 35.8 Å². The highest BCUT2D eigenvalue weighted by Gasteiger charge is 2.38. The van der Waals surface area contributed by atoms with Gasteiger partial charge in [0.1, 0.15) is 11.6 Å².